The highest BCUT2D eigenvalue weighted by Crippen LogP contribution is 2.07. The fraction of sp³-hybridized carbons (Fsp3) is 0.750. The number of Topliss-reactive ketones (excluding diaryl/α,β-unsaturated/α-hetero) is 1. The second kappa shape index (κ2) is 4.88. The van der Waals surface area contributed by atoms with E-state index in [1.165, 1.54) is 0 Å². The van der Waals surface area contributed by atoms with Gasteiger partial charge in [-0.3, -0.25) is 9.59 Å². The highest BCUT2D eigenvalue weighted by Gasteiger charge is 2.10. The number of carbonyl (C=O) groups excluding carboxylic acids is 1. The van der Waals surface area contributed by atoms with E-state index in [2.05, 4.69) is 0 Å². The Morgan fingerprint density at radius 3 is 2.36 bits per heavy atom. The molecule has 3 heteroatoms. The van der Waals surface area contributed by atoms with Crippen molar-refractivity contribution in [2.24, 2.45) is 5.92 Å². The van der Waals surface area contributed by atoms with Crippen LogP contribution < -0.4 is 0 Å². The average molecular weight is 158 g/mol. The van der Waals surface area contributed by atoms with Gasteiger partial charge in [-0.2, -0.15) is 0 Å². The Bertz CT molecular complexity index is 151. The summed E-state index contributed by atoms with van der Waals surface area (Å²) >= 11 is 0. The molecule has 0 aliphatic rings. The number of hydrogen-bond donors (Lipinski definition) is 1. The van der Waals surface area contributed by atoms with Crippen LogP contribution in [-0.2, 0) is 9.59 Å². The Hall–Kier alpha value is -0.860. The minimum absolute atomic E-state index is 0.174. The molecule has 0 aromatic carbocycles. The molecule has 11 heavy (non-hydrogen) atoms. The van der Waals surface area contributed by atoms with Crippen LogP contribution in [0.3, 0.4) is 0 Å². The Kier molecular flexibility index (Phi) is 4.50. The lowest BCUT2D eigenvalue weighted by Gasteiger charge is -2.04. The predicted octanol–water partition coefficient (Wildman–Crippen LogP) is 1.47. The van der Waals surface area contributed by atoms with Gasteiger partial charge in [-0.1, -0.05) is 20.3 Å². The molecular formula is C8H14O3. The first-order valence-electron chi connectivity index (χ1n) is 3.79. The molecule has 0 aliphatic heterocycles. The van der Waals surface area contributed by atoms with Gasteiger partial charge in [-0.25, -0.2) is 0 Å². The van der Waals surface area contributed by atoms with E-state index < -0.39 is 5.97 Å². The van der Waals surface area contributed by atoms with E-state index in [-0.39, 0.29) is 12.2 Å². The topological polar surface area (TPSA) is 54.4 Å². The summed E-state index contributed by atoms with van der Waals surface area (Å²) in [6.45, 7) is 3.93. The van der Waals surface area contributed by atoms with E-state index in [9.17, 15) is 9.59 Å². The van der Waals surface area contributed by atoms with Gasteiger partial charge in [0.25, 0.3) is 0 Å². The molecule has 1 N–H and O–H groups in total. The van der Waals surface area contributed by atoms with Crippen molar-refractivity contribution in [2.75, 3.05) is 0 Å². The SMILES string of the molecule is CCC(C)CC(=O)CC(=O)O. The third-order valence-electron chi connectivity index (χ3n) is 1.62. The van der Waals surface area contributed by atoms with Crippen molar-refractivity contribution >= 4 is 11.8 Å². The molecule has 0 fully saturated rings. The quantitative estimate of drug-likeness (QED) is 0.616. The summed E-state index contributed by atoms with van der Waals surface area (Å²) in [5.74, 6) is -0.896. The van der Waals surface area contributed by atoms with Crippen LogP contribution in [0.15, 0.2) is 0 Å². The van der Waals surface area contributed by atoms with Crippen molar-refractivity contribution in [2.45, 2.75) is 33.1 Å². The lowest BCUT2D eigenvalue weighted by atomic mass is 10.0. The second-order valence-corrected chi connectivity index (χ2v) is 2.83. The summed E-state index contributed by atoms with van der Waals surface area (Å²) in [6.07, 6.45) is 0.985. The maximum absolute atomic E-state index is 10.8. The Morgan fingerprint density at radius 2 is 2.00 bits per heavy atom. The number of ketones is 1. The normalized spacial score (nSPS) is 12.5. The van der Waals surface area contributed by atoms with Crippen LogP contribution in [0, 0.1) is 5.92 Å². The van der Waals surface area contributed by atoms with Gasteiger partial charge in [-0.15, -0.1) is 0 Å². The lowest BCUT2D eigenvalue weighted by Crippen LogP contribution is -2.09. The Labute approximate surface area is 66.4 Å². The standard InChI is InChI=1S/C8H14O3/c1-3-6(2)4-7(9)5-8(10)11/h6H,3-5H2,1-2H3,(H,10,11). The molecule has 0 aromatic heterocycles. The van der Waals surface area contributed by atoms with Crippen molar-refractivity contribution < 1.29 is 14.7 Å². The first kappa shape index (κ1) is 10.1. The molecular weight excluding hydrogens is 144 g/mol. The molecule has 0 spiro atoms. The maximum atomic E-state index is 10.8. The highest BCUT2D eigenvalue weighted by atomic mass is 16.4. The summed E-state index contributed by atoms with van der Waals surface area (Å²) in [7, 11) is 0. The molecule has 1 atom stereocenters. The zero-order valence-electron chi connectivity index (χ0n) is 6.96. The molecule has 0 aliphatic carbocycles. The number of carboxylic acids is 1. The van der Waals surface area contributed by atoms with Crippen molar-refractivity contribution in [3.63, 3.8) is 0 Å². The van der Waals surface area contributed by atoms with Gasteiger partial charge < -0.3 is 5.11 Å². The first-order valence-corrected chi connectivity index (χ1v) is 3.79. The number of hydrogen-bond acceptors (Lipinski definition) is 2. The summed E-state index contributed by atoms with van der Waals surface area (Å²) < 4.78 is 0. The lowest BCUT2D eigenvalue weighted by molar-refractivity contribution is -0.140. The number of rotatable bonds is 5. The smallest absolute Gasteiger partial charge is 0.310 e. The molecule has 0 aromatic rings. The predicted molar refractivity (Wildman–Crippen MR) is 41.3 cm³/mol. The van der Waals surface area contributed by atoms with Gasteiger partial charge in [-0.05, 0) is 5.92 Å². The van der Waals surface area contributed by atoms with Gasteiger partial charge in [0.2, 0.25) is 0 Å². The third kappa shape index (κ3) is 5.58. The van der Waals surface area contributed by atoms with Crippen LogP contribution in [0.1, 0.15) is 33.1 Å². The third-order valence-corrected chi connectivity index (χ3v) is 1.62. The molecule has 0 amide bonds. The zero-order valence-corrected chi connectivity index (χ0v) is 6.96. The minimum atomic E-state index is -1.03. The Morgan fingerprint density at radius 1 is 1.45 bits per heavy atom. The fourth-order valence-corrected chi connectivity index (χ4v) is 0.774. The van der Waals surface area contributed by atoms with Crippen LogP contribution in [0.5, 0.6) is 0 Å². The van der Waals surface area contributed by atoms with E-state index in [0.717, 1.165) is 6.42 Å². The fourth-order valence-electron chi connectivity index (χ4n) is 0.774. The van der Waals surface area contributed by atoms with Crippen LogP contribution >= 0.6 is 0 Å². The summed E-state index contributed by atoms with van der Waals surface area (Å²) in [5.41, 5.74) is 0. The summed E-state index contributed by atoms with van der Waals surface area (Å²) in [6, 6.07) is 0. The number of carboxylic acid groups (broad SMARTS) is 1. The molecule has 0 rings (SSSR count). The van der Waals surface area contributed by atoms with E-state index >= 15 is 0 Å². The van der Waals surface area contributed by atoms with E-state index in [1.807, 2.05) is 13.8 Å². The van der Waals surface area contributed by atoms with Crippen LogP contribution in [0.2, 0.25) is 0 Å². The van der Waals surface area contributed by atoms with Crippen molar-refractivity contribution in [3.8, 4) is 0 Å². The maximum Gasteiger partial charge on any atom is 0.310 e. The molecule has 0 radical (unpaired) electrons. The highest BCUT2D eigenvalue weighted by molar-refractivity contribution is 5.94. The van der Waals surface area contributed by atoms with E-state index in [0.29, 0.717) is 12.3 Å². The first-order chi connectivity index (χ1) is 5.06. The van der Waals surface area contributed by atoms with Crippen LogP contribution in [-0.4, -0.2) is 16.9 Å². The molecule has 0 saturated carbocycles. The molecule has 0 heterocycles. The van der Waals surface area contributed by atoms with Gasteiger partial charge in [0, 0.05) is 6.42 Å². The molecule has 3 nitrogen and oxygen atoms in total. The van der Waals surface area contributed by atoms with Crippen molar-refractivity contribution in [1.82, 2.24) is 0 Å². The van der Waals surface area contributed by atoms with Gasteiger partial charge in [0.05, 0.1) is 0 Å². The summed E-state index contributed by atoms with van der Waals surface area (Å²) in [4.78, 5) is 20.9. The Balaban J connectivity index is 3.60. The van der Waals surface area contributed by atoms with Gasteiger partial charge in [0.15, 0.2) is 0 Å². The van der Waals surface area contributed by atoms with E-state index in [4.69, 9.17) is 5.11 Å². The largest absolute Gasteiger partial charge is 0.481 e. The van der Waals surface area contributed by atoms with Crippen LogP contribution in [0.25, 0.3) is 0 Å². The number of aliphatic carboxylic acids is 1. The molecule has 0 saturated heterocycles. The van der Waals surface area contributed by atoms with Gasteiger partial charge in [0.1, 0.15) is 12.2 Å². The van der Waals surface area contributed by atoms with Crippen molar-refractivity contribution in [1.29, 1.82) is 0 Å². The monoisotopic (exact) mass is 158 g/mol. The van der Waals surface area contributed by atoms with Crippen molar-refractivity contribution in [3.05, 3.63) is 0 Å². The average Bonchev–Trinajstić information content (AvgIpc) is 1.85. The molecule has 1 unspecified atom stereocenters. The summed E-state index contributed by atoms with van der Waals surface area (Å²) in [5, 5.41) is 8.25. The number of carbonyl (C=O) groups is 2. The molecule has 64 valence electrons. The molecule has 0 bridgehead atoms. The van der Waals surface area contributed by atoms with Crippen LogP contribution in [0.4, 0.5) is 0 Å². The zero-order chi connectivity index (χ0) is 8.85. The second-order valence-electron chi connectivity index (χ2n) is 2.83. The van der Waals surface area contributed by atoms with Gasteiger partial charge >= 0.3 is 5.97 Å². The van der Waals surface area contributed by atoms with E-state index in [1.54, 1.807) is 0 Å². The minimum Gasteiger partial charge on any atom is -0.481 e.